The fourth-order valence-electron chi connectivity index (χ4n) is 10.9. The van der Waals surface area contributed by atoms with Crippen molar-refractivity contribution in [3.05, 3.63) is 107 Å². The number of benzene rings is 3. The molecule has 1 unspecified atom stereocenters. The number of nitrogens with two attached hydrogens (primary N) is 4. The molecule has 4 aliphatic heterocycles. The molecule has 3 fully saturated rings. The number of nitrogens with zero attached hydrogens (tertiary/aromatic N) is 8. The van der Waals surface area contributed by atoms with Gasteiger partial charge in [0.2, 0.25) is 35.4 Å². The summed E-state index contributed by atoms with van der Waals surface area (Å²) in [5, 5.41) is 32.5. The lowest BCUT2D eigenvalue weighted by molar-refractivity contribution is -0.144. The predicted molar refractivity (Wildman–Crippen MR) is 314 cm³/mol. The van der Waals surface area contributed by atoms with E-state index < -0.39 is 120 Å². The molecule has 4 heterocycles. The quantitative estimate of drug-likeness (QED) is 0.0173. The Balaban J connectivity index is 0.976. The minimum absolute atomic E-state index is 0.0319. The number of rotatable bonds is 27. The van der Waals surface area contributed by atoms with Gasteiger partial charge >= 0.3 is 12.0 Å². The van der Waals surface area contributed by atoms with Crippen LogP contribution in [0.25, 0.3) is 0 Å². The summed E-state index contributed by atoms with van der Waals surface area (Å²) >= 11 is 0. The molecular weight excluding hydrogens is 1130 g/mol. The van der Waals surface area contributed by atoms with Gasteiger partial charge in [-0.1, -0.05) is 72.8 Å². The Kier molecular flexibility index (Phi) is 23.0. The van der Waals surface area contributed by atoms with Crippen LogP contribution in [-0.2, 0) is 51.2 Å². The van der Waals surface area contributed by atoms with E-state index in [9.17, 15) is 63.0 Å². The topological polar surface area (TPSA) is 434 Å². The molecule has 0 aromatic heterocycles. The molecule has 0 saturated carbocycles. The molecule has 11 amide bonds. The number of carbonyl (C=O) groups excluding carboxylic acids is 10. The van der Waals surface area contributed by atoms with Gasteiger partial charge in [-0.25, -0.2) is 19.6 Å². The van der Waals surface area contributed by atoms with Gasteiger partial charge in [0.1, 0.15) is 36.3 Å². The number of fused-ring (bicyclic) bond motifs is 1. The van der Waals surface area contributed by atoms with Crippen molar-refractivity contribution in [1.82, 2.24) is 46.0 Å². The second-order valence-corrected chi connectivity index (χ2v) is 21.3. The standard InChI is InChI=1S/C58H74N16O13/c59-56(60)63-24-9-20-40(55(85)86)67-48(78)41(31-36-16-5-2-6-17-36)68-50(80)44-22-11-26-70(44)53(83)42(34-75)69-47(77)37(30-35-14-3-1-4-15-35)32-65-46(76)33-66-49(79)43-21-10-27-71(43)54(84)45-23-12-28-72(45)58(87)73(29-13-25-64-57(61)62)74-51(81)38-18-7-8-19-39(38)52(74)82/h1-8,14-19,32,37,40-45,75H,9-13,20-31,33-34H2,(H,66,79)(H,67,78)(H,68,80)(H,69,77)(H,85,86)(H4,59,60,63)(H4,61,62,64)/t37?,40-,41-,42-,43-,44-,45-/m0/s1. The fourth-order valence-corrected chi connectivity index (χ4v) is 10.9. The summed E-state index contributed by atoms with van der Waals surface area (Å²) in [5.41, 5.74) is 23.2. The molecule has 4 aliphatic rings. The van der Waals surface area contributed by atoms with E-state index in [2.05, 4.69) is 36.2 Å². The average molecular weight is 1200 g/mol. The van der Waals surface area contributed by atoms with E-state index in [1.807, 2.05) is 0 Å². The SMILES string of the molecule is NC(N)=NCCC[C@H](NC(=O)[C@H](Cc1ccccc1)NC(=O)[C@@H]1CCCN1C(=O)[C@H](CO)NC(=O)C(C=NC(=O)CNC(=O)[C@@H]1CCCN1C(=O)[C@@H]1CCCN1C(=O)N(CCCN=C(N)N)N1C(=O)c2ccccc2C1=O)Cc1ccccc1)C(=O)O. The summed E-state index contributed by atoms with van der Waals surface area (Å²) in [5.74, 6) is -9.66. The number of likely N-dealkylation sites (tertiary alicyclic amines) is 3. The zero-order valence-corrected chi connectivity index (χ0v) is 47.9. The number of aliphatic carboxylic acids is 1. The number of hydrogen-bond acceptors (Lipinski definition) is 14. The van der Waals surface area contributed by atoms with Crippen molar-refractivity contribution in [3.8, 4) is 0 Å². The number of carboxylic acid groups (broad SMARTS) is 1. The molecule has 87 heavy (non-hydrogen) atoms. The first-order chi connectivity index (χ1) is 41.8. The van der Waals surface area contributed by atoms with Crippen molar-refractivity contribution >= 4 is 83.3 Å². The van der Waals surface area contributed by atoms with Crippen LogP contribution in [-0.4, -0.2) is 207 Å². The lowest BCUT2D eigenvalue weighted by Crippen LogP contribution is -2.59. The maximum absolute atomic E-state index is 14.5. The molecule has 29 nitrogen and oxygen atoms in total. The van der Waals surface area contributed by atoms with E-state index in [1.165, 1.54) is 26.8 Å². The third-order valence-electron chi connectivity index (χ3n) is 15.2. The number of urea groups is 1. The van der Waals surface area contributed by atoms with Crippen LogP contribution in [0, 0.1) is 5.92 Å². The van der Waals surface area contributed by atoms with Crippen LogP contribution in [0.5, 0.6) is 0 Å². The number of amides is 11. The van der Waals surface area contributed by atoms with Crippen LogP contribution < -0.4 is 44.2 Å². The molecule has 7 atom stereocenters. The Labute approximate surface area is 500 Å². The molecule has 3 aromatic carbocycles. The Bertz CT molecular complexity index is 3090. The summed E-state index contributed by atoms with van der Waals surface area (Å²) in [4.78, 5) is 167. The smallest absolute Gasteiger partial charge is 0.340 e. The van der Waals surface area contributed by atoms with Crippen LogP contribution in [0.2, 0.25) is 0 Å². The molecule has 0 bridgehead atoms. The molecule has 14 N–H and O–H groups in total. The van der Waals surface area contributed by atoms with Gasteiger partial charge in [-0.3, -0.25) is 53.1 Å². The highest BCUT2D eigenvalue weighted by molar-refractivity contribution is 6.21. The molecule has 464 valence electrons. The maximum Gasteiger partial charge on any atom is 0.340 e. The van der Waals surface area contributed by atoms with Gasteiger partial charge in [0.15, 0.2) is 11.9 Å². The summed E-state index contributed by atoms with van der Waals surface area (Å²) in [7, 11) is 0. The van der Waals surface area contributed by atoms with Gasteiger partial charge in [0.05, 0.1) is 30.2 Å². The van der Waals surface area contributed by atoms with Gasteiger partial charge in [-0.2, -0.15) is 5.01 Å². The number of carboxylic acids is 1. The van der Waals surface area contributed by atoms with E-state index in [0.717, 1.165) is 16.2 Å². The van der Waals surface area contributed by atoms with Crippen molar-refractivity contribution < 1.29 is 63.0 Å². The van der Waals surface area contributed by atoms with Crippen molar-refractivity contribution in [3.63, 3.8) is 0 Å². The monoisotopic (exact) mass is 1200 g/mol. The first-order valence-corrected chi connectivity index (χ1v) is 28.7. The van der Waals surface area contributed by atoms with Gasteiger partial charge < -0.3 is 69.1 Å². The van der Waals surface area contributed by atoms with E-state index >= 15 is 0 Å². The van der Waals surface area contributed by atoms with Crippen LogP contribution >= 0.6 is 0 Å². The van der Waals surface area contributed by atoms with Crippen molar-refractivity contribution in [2.75, 3.05) is 52.4 Å². The second kappa shape index (κ2) is 30.8. The van der Waals surface area contributed by atoms with Crippen molar-refractivity contribution in [2.45, 2.75) is 107 Å². The van der Waals surface area contributed by atoms with Crippen molar-refractivity contribution in [1.29, 1.82) is 0 Å². The number of guanidine groups is 2. The molecule has 3 saturated heterocycles. The highest BCUT2D eigenvalue weighted by Crippen LogP contribution is 2.30. The summed E-state index contributed by atoms with van der Waals surface area (Å²) in [6.07, 6.45) is 3.05. The maximum atomic E-state index is 14.5. The first-order valence-electron chi connectivity index (χ1n) is 28.7. The highest BCUT2D eigenvalue weighted by atomic mass is 16.4. The van der Waals surface area contributed by atoms with Gasteiger partial charge in [0, 0.05) is 51.9 Å². The van der Waals surface area contributed by atoms with Gasteiger partial charge in [-0.05, 0) is 87.5 Å². The Hall–Kier alpha value is -9.80. The fraction of sp³-hybridized carbons (Fsp3) is 0.448. The van der Waals surface area contributed by atoms with Crippen molar-refractivity contribution in [2.24, 2.45) is 43.8 Å². The molecule has 29 heteroatoms. The number of imide groups is 1. The normalized spacial score (nSPS) is 18.5. The lowest BCUT2D eigenvalue weighted by atomic mass is 9.99. The summed E-state index contributed by atoms with van der Waals surface area (Å²) < 4.78 is 0. The van der Waals surface area contributed by atoms with E-state index in [4.69, 9.17) is 22.9 Å². The van der Waals surface area contributed by atoms with E-state index in [-0.39, 0.29) is 114 Å². The lowest BCUT2D eigenvalue weighted by Gasteiger charge is -2.36. The van der Waals surface area contributed by atoms with Gasteiger partial charge in [-0.15, -0.1) is 0 Å². The summed E-state index contributed by atoms with van der Waals surface area (Å²) in [6, 6.07) is 15.1. The molecule has 0 radical (unpaired) electrons. The second-order valence-electron chi connectivity index (χ2n) is 21.3. The molecule has 3 aromatic rings. The Morgan fingerprint density at radius 1 is 0.621 bits per heavy atom. The average Bonchev–Trinajstić information content (AvgIpc) is 2.06. The molecule has 0 aliphatic carbocycles. The molecule has 0 spiro atoms. The number of aliphatic hydroxyl groups is 1. The molecule has 7 rings (SSSR count). The summed E-state index contributed by atoms with van der Waals surface area (Å²) in [6.45, 7) is -1.25. The Morgan fingerprint density at radius 3 is 1.74 bits per heavy atom. The van der Waals surface area contributed by atoms with Crippen LogP contribution in [0.3, 0.4) is 0 Å². The highest BCUT2D eigenvalue weighted by Gasteiger charge is 2.47. The van der Waals surface area contributed by atoms with E-state index in [1.54, 1.807) is 72.8 Å². The zero-order valence-electron chi connectivity index (χ0n) is 47.9. The largest absolute Gasteiger partial charge is 0.480 e. The molecular formula is C58H74N16O13. The number of nitrogens with one attached hydrogen (secondary N) is 4. The van der Waals surface area contributed by atoms with Gasteiger partial charge in [0.25, 0.3) is 17.7 Å². The number of hydrogen-bond donors (Lipinski definition) is 10. The minimum atomic E-state index is -1.59. The van der Waals surface area contributed by atoms with Crippen LogP contribution in [0.1, 0.15) is 89.6 Å². The van der Waals surface area contributed by atoms with Crippen LogP contribution in [0.15, 0.2) is 99.9 Å². The first kappa shape index (κ1) is 64.8. The number of aliphatic hydroxyl groups excluding tert-OH is 1. The number of hydrazine groups is 1. The number of carbonyl (C=O) groups is 11. The third kappa shape index (κ3) is 17.0. The Morgan fingerprint density at radius 2 is 1.15 bits per heavy atom. The minimum Gasteiger partial charge on any atom is -0.480 e. The predicted octanol–water partition coefficient (Wildman–Crippen LogP) is -1.87. The number of aliphatic imine (C=N–C) groups is 3. The van der Waals surface area contributed by atoms with E-state index in [0.29, 0.717) is 30.4 Å². The zero-order chi connectivity index (χ0) is 62.7. The van der Waals surface area contributed by atoms with Crippen LogP contribution in [0.4, 0.5) is 4.79 Å². The third-order valence-corrected chi connectivity index (χ3v) is 15.2.